The molecule has 0 radical (unpaired) electrons. The maximum Gasteiger partial charge on any atom is 0.260 e. The van der Waals surface area contributed by atoms with Crippen molar-refractivity contribution in [1.82, 2.24) is 4.90 Å². The molecule has 1 atom stereocenters. The molecule has 0 spiro atoms. The van der Waals surface area contributed by atoms with Crippen LogP contribution < -0.4 is 10.5 Å². The molecule has 0 aromatic heterocycles. The molecule has 4 nitrogen and oxygen atoms in total. The monoisotopic (exact) mass is 298 g/mol. The van der Waals surface area contributed by atoms with Gasteiger partial charge in [0.1, 0.15) is 5.75 Å². The van der Waals surface area contributed by atoms with Crippen LogP contribution in [0.15, 0.2) is 18.2 Å². The predicted octanol–water partition coefficient (Wildman–Crippen LogP) is 2.48. The van der Waals surface area contributed by atoms with Gasteiger partial charge in [0.05, 0.1) is 5.02 Å². The number of benzene rings is 1. The van der Waals surface area contributed by atoms with Crippen LogP contribution in [0.2, 0.25) is 5.02 Å². The fourth-order valence-corrected chi connectivity index (χ4v) is 2.00. The highest BCUT2D eigenvalue weighted by Crippen LogP contribution is 2.29. The Balaban J connectivity index is 2.79. The van der Waals surface area contributed by atoms with Gasteiger partial charge in [-0.3, -0.25) is 4.79 Å². The van der Waals surface area contributed by atoms with Gasteiger partial charge < -0.3 is 15.4 Å². The highest BCUT2D eigenvalue weighted by Gasteiger charge is 2.15. The number of para-hydroxylation sites is 1. The molecule has 0 saturated carbocycles. The number of halogens is 1. The van der Waals surface area contributed by atoms with Gasteiger partial charge in [-0.05, 0) is 38.8 Å². The zero-order valence-corrected chi connectivity index (χ0v) is 13.3. The molecule has 1 rings (SSSR count). The van der Waals surface area contributed by atoms with Gasteiger partial charge in [0.25, 0.3) is 5.91 Å². The van der Waals surface area contributed by atoms with Crippen LogP contribution in [0.1, 0.15) is 26.3 Å². The second-order valence-corrected chi connectivity index (χ2v) is 5.70. The van der Waals surface area contributed by atoms with Crippen molar-refractivity contribution in [3.05, 3.63) is 28.8 Å². The molecule has 5 heteroatoms. The lowest BCUT2D eigenvalue weighted by atomic mass is 10.1. The van der Waals surface area contributed by atoms with Crippen LogP contribution >= 0.6 is 11.6 Å². The Morgan fingerprint density at radius 1 is 1.40 bits per heavy atom. The molecule has 0 aliphatic carbocycles. The molecule has 0 aliphatic rings. The molecule has 1 amide bonds. The molecule has 0 heterocycles. The standard InChI is InChI=1S/C15H23ClN2O2/c1-10(2)18(4)14(19)9-20-15-12(8-11(3)17)6-5-7-13(15)16/h5-7,10-11H,8-9,17H2,1-4H3. The molecular weight excluding hydrogens is 276 g/mol. The minimum atomic E-state index is -0.0772. The smallest absolute Gasteiger partial charge is 0.260 e. The largest absolute Gasteiger partial charge is 0.482 e. The number of hydrogen-bond acceptors (Lipinski definition) is 3. The average molecular weight is 299 g/mol. The molecule has 112 valence electrons. The summed E-state index contributed by atoms with van der Waals surface area (Å²) in [6, 6.07) is 5.67. The third kappa shape index (κ3) is 4.69. The fraction of sp³-hybridized carbons (Fsp3) is 0.533. The summed E-state index contributed by atoms with van der Waals surface area (Å²) in [6.45, 7) is 5.80. The Labute approximate surface area is 125 Å². The average Bonchev–Trinajstić information content (AvgIpc) is 2.36. The Hall–Kier alpha value is -1.26. The first kappa shape index (κ1) is 16.8. The van der Waals surface area contributed by atoms with Crippen molar-refractivity contribution in [3.8, 4) is 5.75 Å². The van der Waals surface area contributed by atoms with Crippen molar-refractivity contribution in [2.24, 2.45) is 5.73 Å². The summed E-state index contributed by atoms with van der Waals surface area (Å²) in [7, 11) is 1.76. The van der Waals surface area contributed by atoms with Gasteiger partial charge in [-0.2, -0.15) is 0 Å². The number of carbonyl (C=O) groups is 1. The van der Waals surface area contributed by atoms with Crippen LogP contribution in [0.4, 0.5) is 0 Å². The first-order chi connectivity index (χ1) is 9.32. The first-order valence-electron chi connectivity index (χ1n) is 6.74. The molecule has 0 bridgehead atoms. The number of likely N-dealkylation sites (N-methyl/N-ethyl adjacent to an activating group) is 1. The van der Waals surface area contributed by atoms with Gasteiger partial charge in [-0.15, -0.1) is 0 Å². The summed E-state index contributed by atoms with van der Waals surface area (Å²) in [5.41, 5.74) is 6.74. The quantitative estimate of drug-likeness (QED) is 0.878. The highest BCUT2D eigenvalue weighted by atomic mass is 35.5. The van der Waals surface area contributed by atoms with E-state index in [0.29, 0.717) is 17.2 Å². The molecule has 0 saturated heterocycles. The lowest BCUT2D eigenvalue weighted by Crippen LogP contribution is -2.36. The van der Waals surface area contributed by atoms with Crippen LogP contribution in [0.5, 0.6) is 5.75 Å². The summed E-state index contributed by atoms with van der Waals surface area (Å²) >= 11 is 6.15. The van der Waals surface area contributed by atoms with Crippen LogP contribution in [-0.4, -0.2) is 36.5 Å². The van der Waals surface area contributed by atoms with E-state index in [1.807, 2.05) is 32.9 Å². The summed E-state index contributed by atoms with van der Waals surface area (Å²) in [6.07, 6.45) is 0.657. The highest BCUT2D eigenvalue weighted by molar-refractivity contribution is 6.32. The van der Waals surface area contributed by atoms with E-state index in [9.17, 15) is 4.79 Å². The molecule has 20 heavy (non-hydrogen) atoms. The van der Waals surface area contributed by atoms with Gasteiger partial charge in [0, 0.05) is 19.1 Å². The lowest BCUT2D eigenvalue weighted by Gasteiger charge is -2.22. The van der Waals surface area contributed by atoms with E-state index in [1.54, 1.807) is 18.0 Å². The van der Waals surface area contributed by atoms with Crippen LogP contribution in [0.25, 0.3) is 0 Å². The van der Waals surface area contributed by atoms with E-state index >= 15 is 0 Å². The number of rotatable bonds is 6. The van der Waals surface area contributed by atoms with E-state index in [2.05, 4.69) is 0 Å². The Kier molecular flexibility index (Phi) is 6.30. The number of nitrogens with two attached hydrogens (primary N) is 1. The van der Waals surface area contributed by atoms with E-state index in [1.165, 1.54) is 0 Å². The molecule has 0 aliphatic heterocycles. The predicted molar refractivity (Wildman–Crippen MR) is 82.2 cm³/mol. The number of hydrogen-bond donors (Lipinski definition) is 1. The zero-order valence-electron chi connectivity index (χ0n) is 12.5. The Bertz CT molecular complexity index is 461. The SMILES string of the molecule is CC(N)Cc1cccc(Cl)c1OCC(=O)N(C)C(C)C. The van der Waals surface area contributed by atoms with Gasteiger partial charge in [-0.1, -0.05) is 23.7 Å². The minimum absolute atomic E-state index is 0.00450. The lowest BCUT2D eigenvalue weighted by molar-refractivity contribution is -0.133. The third-order valence-corrected chi connectivity index (χ3v) is 3.40. The molecule has 1 aromatic carbocycles. The van der Waals surface area contributed by atoms with E-state index < -0.39 is 0 Å². The van der Waals surface area contributed by atoms with E-state index in [0.717, 1.165) is 5.56 Å². The Morgan fingerprint density at radius 3 is 2.60 bits per heavy atom. The third-order valence-electron chi connectivity index (χ3n) is 3.10. The number of carbonyl (C=O) groups excluding carboxylic acids is 1. The molecule has 0 fully saturated rings. The van der Waals surface area contributed by atoms with Gasteiger partial charge >= 0.3 is 0 Å². The molecule has 1 aromatic rings. The summed E-state index contributed by atoms with van der Waals surface area (Å²) in [5.74, 6) is 0.476. The minimum Gasteiger partial charge on any atom is -0.482 e. The first-order valence-corrected chi connectivity index (χ1v) is 7.12. The maximum atomic E-state index is 11.9. The molecular formula is C15H23ClN2O2. The van der Waals surface area contributed by atoms with Crippen LogP contribution in [0, 0.1) is 0 Å². The topological polar surface area (TPSA) is 55.6 Å². The van der Waals surface area contributed by atoms with Gasteiger partial charge in [0.2, 0.25) is 0 Å². The van der Waals surface area contributed by atoms with Crippen molar-refractivity contribution in [3.63, 3.8) is 0 Å². The van der Waals surface area contributed by atoms with Crippen molar-refractivity contribution in [2.75, 3.05) is 13.7 Å². The fourth-order valence-electron chi connectivity index (χ4n) is 1.75. The number of amides is 1. The molecule has 2 N–H and O–H groups in total. The van der Waals surface area contributed by atoms with E-state index in [-0.39, 0.29) is 24.6 Å². The summed E-state index contributed by atoms with van der Waals surface area (Å²) in [5, 5.41) is 0.503. The number of nitrogens with zero attached hydrogens (tertiary/aromatic N) is 1. The summed E-state index contributed by atoms with van der Waals surface area (Å²) < 4.78 is 5.62. The van der Waals surface area contributed by atoms with Gasteiger partial charge in [0.15, 0.2) is 6.61 Å². The van der Waals surface area contributed by atoms with Crippen molar-refractivity contribution >= 4 is 17.5 Å². The summed E-state index contributed by atoms with van der Waals surface area (Å²) in [4.78, 5) is 13.6. The second-order valence-electron chi connectivity index (χ2n) is 5.30. The zero-order chi connectivity index (χ0) is 15.3. The second kappa shape index (κ2) is 7.50. The van der Waals surface area contributed by atoms with Crippen molar-refractivity contribution in [1.29, 1.82) is 0 Å². The van der Waals surface area contributed by atoms with Gasteiger partial charge in [-0.25, -0.2) is 0 Å². The van der Waals surface area contributed by atoms with Crippen LogP contribution in [0.3, 0.4) is 0 Å². The van der Waals surface area contributed by atoms with Crippen molar-refractivity contribution < 1.29 is 9.53 Å². The Morgan fingerprint density at radius 2 is 2.05 bits per heavy atom. The van der Waals surface area contributed by atoms with E-state index in [4.69, 9.17) is 22.1 Å². The number of ether oxygens (including phenoxy) is 1. The van der Waals surface area contributed by atoms with Crippen LogP contribution in [-0.2, 0) is 11.2 Å². The maximum absolute atomic E-state index is 11.9. The van der Waals surface area contributed by atoms with Crippen molar-refractivity contribution in [2.45, 2.75) is 39.3 Å². The molecule has 1 unspecified atom stereocenters. The normalized spacial score (nSPS) is 12.3.